The second-order valence-electron chi connectivity index (χ2n) is 5.78. The third-order valence-electron chi connectivity index (χ3n) is 3.59. The van der Waals surface area contributed by atoms with E-state index in [2.05, 4.69) is 5.32 Å². The molecule has 3 N–H and O–H groups in total. The van der Waals surface area contributed by atoms with Crippen LogP contribution in [0, 0.1) is 10.1 Å². The highest BCUT2D eigenvalue weighted by Crippen LogP contribution is 2.37. The number of alkyl halides is 6. The summed E-state index contributed by atoms with van der Waals surface area (Å²) in [5.41, 5.74) is -5.47. The molecule has 0 saturated heterocycles. The Morgan fingerprint density at radius 1 is 1.03 bits per heavy atom. The third-order valence-corrected chi connectivity index (χ3v) is 4.09. The molecule has 0 unspecified atom stereocenters. The van der Waals surface area contributed by atoms with E-state index in [-0.39, 0.29) is 18.2 Å². The van der Waals surface area contributed by atoms with Crippen LogP contribution in [0.25, 0.3) is 0 Å². The number of phenolic OH excluding ortho intramolecular Hbond substituents is 1. The van der Waals surface area contributed by atoms with Gasteiger partial charge in [-0.05, 0) is 30.4 Å². The van der Waals surface area contributed by atoms with Gasteiger partial charge < -0.3 is 10.4 Å². The Hall–Kier alpha value is -3.13. The van der Waals surface area contributed by atoms with E-state index >= 15 is 0 Å². The Kier molecular flexibility index (Phi) is 6.66. The van der Waals surface area contributed by atoms with Gasteiger partial charge in [0.2, 0.25) is 0 Å². The van der Waals surface area contributed by atoms with Gasteiger partial charge in [-0.1, -0.05) is 11.6 Å². The molecule has 0 saturated carbocycles. The lowest BCUT2D eigenvalue weighted by Gasteiger charge is -2.15. The van der Waals surface area contributed by atoms with Gasteiger partial charge in [-0.25, -0.2) is 0 Å². The zero-order valence-electron chi connectivity index (χ0n) is 14.6. The van der Waals surface area contributed by atoms with Gasteiger partial charge in [0.25, 0.3) is 11.6 Å². The molecule has 15 heteroatoms. The number of phenols is 1. The Balaban J connectivity index is 2.30. The minimum atomic E-state index is -5.16. The number of halogens is 7. The van der Waals surface area contributed by atoms with Gasteiger partial charge in [0.1, 0.15) is 10.8 Å². The van der Waals surface area contributed by atoms with Crippen LogP contribution in [0.15, 0.2) is 30.3 Å². The quantitative estimate of drug-likeness (QED) is 0.182. The van der Waals surface area contributed by atoms with Crippen LogP contribution < -0.4 is 10.6 Å². The SMILES string of the molecule is O=C(NC(=S)Nc1cc([N+](=O)[O-])c(Cl)cc1O)c1cc(C(F)(F)F)cc(C(F)(F)F)c1. The zero-order valence-corrected chi connectivity index (χ0v) is 16.1. The third kappa shape index (κ3) is 5.95. The lowest BCUT2D eigenvalue weighted by Crippen LogP contribution is -2.34. The molecule has 0 aromatic heterocycles. The second kappa shape index (κ2) is 8.55. The number of benzene rings is 2. The maximum absolute atomic E-state index is 12.9. The molecule has 166 valence electrons. The predicted octanol–water partition coefficient (Wildman–Crippen LogP) is 5.12. The van der Waals surface area contributed by atoms with Gasteiger partial charge in [-0.15, -0.1) is 0 Å². The number of aromatic hydroxyl groups is 1. The van der Waals surface area contributed by atoms with E-state index < -0.39 is 67.1 Å². The number of rotatable bonds is 3. The van der Waals surface area contributed by atoms with E-state index in [1.165, 1.54) is 0 Å². The summed E-state index contributed by atoms with van der Waals surface area (Å²) in [6.45, 7) is 0. The minimum Gasteiger partial charge on any atom is -0.506 e. The van der Waals surface area contributed by atoms with E-state index in [9.17, 15) is 46.4 Å². The average Bonchev–Trinajstić information content (AvgIpc) is 2.61. The number of carbonyl (C=O) groups excluding carboxylic acids is 1. The van der Waals surface area contributed by atoms with Crippen molar-refractivity contribution in [2.75, 3.05) is 5.32 Å². The molecule has 7 nitrogen and oxygen atoms in total. The van der Waals surface area contributed by atoms with E-state index in [1.54, 1.807) is 0 Å². The highest BCUT2D eigenvalue weighted by atomic mass is 35.5. The van der Waals surface area contributed by atoms with E-state index in [0.29, 0.717) is 0 Å². The number of nitro benzene ring substituents is 1. The second-order valence-corrected chi connectivity index (χ2v) is 6.60. The molecule has 0 fully saturated rings. The van der Waals surface area contributed by atoms with Crippen LogP contribution in [0.1, 0.15) is 21.5 Å². The first-order valence-corrected chi connectivity index (χ1v) is 8.47. The molecule has 0 atom stereocenters. The van der Waals surface area contributed by atoms with Crippen molar-refractivity contribution in [2.45, 2.75) is 12.4 Å². The largest absolute Gasteiger partial charge is 0.506 e. The fourth-order valence-electron chi connectivity index (χ4n) is 2.21. The molecule has 0 bridgehead atoms. The summed E-state index contributed by atoms with van der Waals surface area (Å²) in [6.07, 6.45) is -10.3. The van der Waals surface area contributed by atoms with Crippen LogP contribution in [0.5, 0.6) is 5.75 Å². The lowest BCUT2D eigenvalue weighted by molar-refractivity contribution is -0.384. The van der Waals surface area contributed by atoms with E-state index in [1.807, 2.05) is 5.32 Å². The Morgan fingerprint density at radius 3 is 2.00 bits per heavy atom. The molecule has 0 heterocycles. The topological polar surface area (TPSA) is 104 Å². The minimum absolute atomic E-state index is 0.155. The molecule has 0 aliphatic rings. The van der Waals surface area contributed by atoms with Gasteiger partial charge >= 0.3 is 12.4 Å². The molecule has 2 rings (SSSR count). The van der Waals surface area contributed by atoms with Crippen LogP contribution in [0.2, 0.25) is 5.02 Å². The molecule has 2 aromatic carbocycles. The van der Waals surface area contributed by atoms with E-state index in [4.69, 9.17) is 23.8 Å². The number of hydrogen-bond acceptors (Lipinski definition) is 5. The molecule has 0 radical (unpaired) electrons. The molecule has 0 aliphatic heterocycles. The van der Waals surface area contributed by atoms with Crippen molar-refractivity contribution in [3.05, 3.63) is 62.2 Å². The molecule has 1 amide bonds. The van der Waals surface area contributed by atoms with E-state index in [0.717, 1.165) is 12.1 Å². The molecule has 2 aromatic rings. The highest BCUT2D eigenvalue weighted by Gasteiger charge is 2.37. The van der Waals surface area contributed by atoms with Gasteiger partial charge in [0, 0.05) is 17.7 Å². The number of thiocarbonyl (C=S) groups is 1. The summed E-state index contributed by atoms with van der Waals surface area (Å²) in [7, 11) is 0. The summed E-state index contributed by atoms with van der Waals surface area (Å²) < 4.78 is 77.4. The van der Waals surface area contributed by atoms with Crippen LogP contribution in [-0.4, -0.2) is 21.0 Å². The highest BCUT2D eigenvalue weighted by molar-refractivity contribution is 7.80. The van der Waals surface area contributed by atoms with Crippen molar-refractivity contribution in [1.82, 2.24) is 5.32 Å². The van der Waals surface area contributed by atoms with Crippen molar-refractivity contribution in [3.63, 3.8) is 0 Å². The first kappa shape index (κ1) is 24.1. The molecule has 0 spiro atoms. The molecule has 31 heavy (non-hydrogen) atoms. The fourth-order valence-corrected chi connectivity index (χ4v) is 2.64. The smallest absolute Gasteiger partial charge is 0.416 e. The number of amides is 1. The first-order valence-electron chi connectivity index (χ1n) is 7.68. The molecule has 0 aliphatic carbocycles. The van der Waals surface area contributed by atoms with Crippen LogP contribution in [0.4, 0.5) is 37.7 Å². The number of nitro groups is 1. The summed E-state index contributed by atoms with van der Waals surface area (Å²) in [5, 5.41) is 23.5. The maximum Gasteiger partial charge on any atom is 0.416 e. The monoisotopic (exact) mass is 487 g/mol. The van der Waals surface area contributed by atoms with Crippen molar-refractivity contribution >= 4 is 46.2 Å². The molecular weight excluding hydrogens is 480 g/mol. The van der Waals surface area contributed by atoms with Gasteiger partial charge in [-0.2, -0.15) is 26.3 Å². The number of anilines is 1. The van der Waals surface area contributed by atoms with Crippen LogP contribution >= 0.6 is 23.8 Å². The van der Waals surface area contributed by atoms with Crippen LogP contribution in [-0.2, 0) is 12.4 Å². The Labute approximate surface area is 178 Å². The first-order chi connectivity index (χ1) is 14.1. The predicted molar refractivity (Wildman–Crippen MR) is 99.9 cm³/mol. The lowest BCUT2D eigenvalue weighted by atomic mass is 10.0. The van der Waals surface area contributed by atoms with Gasteiger partial charge in [0.05, 0.1) is 21.7 Å². The number of carbonyl (C=O) groups is 1. The zero-order chi connectivity index (χ0) is 23.7. The van der Waals surface area contributed by atoms with Crippen molar-refractivity contribution in [1.29, 1.82) is 0 Å². The van der Waals surface area contributed by atoms with Crippen molar-refractivity contribution in [2.24, 2.45) is 0 Å². The standard InChI is InChI=1S/C16H8ClF6N3O4S/c17-9-4-12(27)10(5-11(9)26(29)30)24-14(31)25-13(28)6-1-7(15(18,19)20)3-8(2-6)16(21,22)23/h1-5,27H,(H2,24,25,28,31). The summed E-state index contributed by atoms with van der Waals surface area (Å²) >= 11 is 10.3. The average molecular weight is 488 g/mol. The Bertz CT molecular complexity index is 1040. The fraction of sp³-hybridized carbons (Fsp3) is 0.125. The van der Waals surface area contributed by atoms with Gasteiger partial charge in [-0.3, -0.25) is 20.2 Å². The molecular formula is C16H8ClF6N3O4S. The number of hydrogen-bond donors (Lipinski definition) is 3. The number of nitrogens with one attached hydrogen (secondary N) is 2. The van der Waals surface area contributed by atoms with Crippen LogP contribution in [0.3, 0.4) is 0 Å². The summed E-state index contributed by atoms with van der Waals surface area (Å²) in [6, 6.07) is 1.77. The normalized spacial score (nSPS) is 11.7. The maximum atomic E-state index is 12.9. The summed E-state index contributed by atoms with van der Waals surface area (Å²) in [5.74, 6) is -2.07. The summed E-state index contributed by atoms with van der Waals surface area (Å²) in [4.78, 5) is 22.1. The van der Waals surface area contributed by atoms with Crippen molar-refractivity contribution in [3.8, 4) is 5.75 Å². The van der Waals surface area contributed by atoms with Gasteiger partial charge in [0.15, 0.2) is 5.11 Å². The Morgan fingerprint density at radius 2 is 1.55 bits per heavy atom. The number of nitrogens with zero attached hydrogens (tertiary/aromatic N) is 1. The van der Waals surface area contributed by atoms with Crippen molar-refractivity contribution < 1.29 is 41.2 Å².